The summed E-state index contributed by atoms with van der Waals surface area (Å²) in [6.07, 6.45) is -0.287. The van der Waals surface area contributed by atoms with E-state index in [0.717, 1.165) is 12.8 Å². The molecule has 0 rings (SSSR count). The molecule has 0 aliphatic carbocycles. The van der Waals surface area contributed by atoms with Gasteiger partial charge in [0.15, 0.2) is 0 Å². The van der Waals surface area contributed by atoms with E-state index in [1.807, 2.05) is 0 Å². The topological polar surface area (TPSA) is 12.0 Å². The summed E-state index contributed by atoms with van der Waals surface area (Å²) < 4.78 is 23.1. The smallest absolute Gasteiger partial charge is 0.250 e. The average Bonchev–Trinajstić information content (AvgIpc) is 1.97. The van der Waals surface area contributed by atoms with Gasteiger partial charge in [-0.1, -0.05) is 22.9 Å². The van der Waals surface area contributed by atoms with Gasteiger partial charge in [-0.2, -0.15) is 0 Å². The summed E-state index contributed by atoms with van der Waals surface area (Å²) in [5, 5.41) is 2.67. The fraction of sp³-hybridized carbons (Fsp3) is 1.00. The molecule has 0 fully saturated rings. The zero-order valence-corrected chi connectivity index (χ0v) is 8.20. The summed E-state index contributed by atoms with van der Waals surface area (Å²) in [5.74, 6) is 0. The van der Waals surface area contributed by atoms with Gasteiger partial charge in [-0.15, -0.1) is 0 Å². The summed E-state index contributed by atoms with van der Waals surface area (Å²) in [6, 6.07) is 0. The Hall–Kier alpha value is 0.300. The summed E-state index contributed by atoms with van der Waals surface area (Å²) in [6.45, 7) is 2.53. The molecule has 0 radical (unpaired) electrons. The third kappa shape index (κ3) is 8.20. The van der Waals surface area contributed by atoms with Gasteiger partial charge in [0.25, 0.3) is 6.43 Å². The minimum absolute atomic E-state index is 0.191. The van der Waals surface area contributed by atoms with Gasteiger partial charge < -0.3 is 5.32 Å². The Labute approximate surface area is 74.7 Å². The lowest BCUT2D eigenvalue weighted by Gasteiger charge is -2.06. The number of alkyl halides is 3. The molecule has 1 atom stereocenters. The maximum atomic E-state index is 11.6. The van der Waals surface area contributed by atoms with Crippen LogP contribution in [0.25, 0.3) is 0 Å². The summed E-state index contributed by atoms with van der Waals surface area (Å²) in [4.78, 5) is 0.452. The SMILES string of the molecule is CCC(Br)CCNCC(F)F. The normalized spacial score (nSPS) is 13.9. The van der Waals surface area contributed by atoms with Gasteiger partial charge in [0.1, 0.15) is 0 Å². The van der Waals surface area contributed by atoms with Crippen LogP contribution in [0.4, 0.5) is 8.78 Å². The predicted molar refractivity (Wildman–Crippen MR) is 46.5 cm³/mol. The molecule has 0 heterocycles. The van der Waals surface area contributed by atoms with Gasteiger partial charge in [0, 0.05) is 4.83 Å². The van der Waals surface area contributed by atoms with Crippen molar-refractivity contribution in [1.82, 2.24) is 5.32 Å². The van der Waals surface area contributed by atoms with Crippen molar-refractivity contribution in [2.75, 3.05) is 13.1 Å². The molecule has 1 N–H and O–H groups in total. The number of hydrogen-bond donors (Lipinski definition) is 1. The summed E-state index contributed by atoms with van der Waals surface area (Å²) >= 11 is 3.42. The monoisotopic (exact) mass is 229 g/mol. The quantitative estimate of drug-likeness (QED) is 0.545. The molecule has 68 valence electrons. The van der Waals surface area contributed by atoms with Gasteiger partial charge in [-0.25, -0.2) is 8.78 Å². The van der Waals surface area contributed by atoms with Crippen LogP contribution in [0.15, 0.2) is 0 Å². The third-order valence-corrected chi connectivity index (χ3v) is 2.48. The van der Waals surface area contributed by atoms with Crippen molar-refractivity contribution in [2.24, 2.45) is 0 Å². The van der Waals surface area contributed by atoms with Crippen molar-refractivity contribution >= 4 is 15.9 Å². The second-order valence-electron chi connectivity index (χ2n) is 2.39. The van der Waals surface area contributed by atoms with Crippen LogP contribution in [-0.4, -0.2) is 24.3 Å². The second-order valence-corrected chi connectivity index (χ2v) is 3.68. The van der Waals surface area contributed by atoms with Gasteiger partial charge >= 0.3 is 0 Å². The Balaban J connectivity index is 3.01. The van der Waals surface area contributed by atoms with Crippen molar-refractivity contribution in [3.63, 3.8) is 0 Å². The first-order chi connectivity index (χ1) is 5.16. The molecule has 0 saturated carbocycles. The number of halogens is 3. The molecule has 0 aliphatic rings. The molecular formula is C7H14BrF2N. The van der Waals surface area contributed by atoms with E-state index in [2.05, 4.69) is 28.2 Å². The maximum absolute atomic E-state index is 11.6. The fourth-order valence-electron chi connectivity index (χ4n) is 0.674. The molecule has 1 unspecified atom stereocenters. The first-order valence-electron chi connectivity index (χ1n) is 3.79. The number of hydrogen-bond acceptors (Lipinski definition) is 1. The lowest BCUT2D eigenvalue weighted by molar-refractivity contribution is 0.146. The average molecular weight is 230 g/mol. The van der Waals surface area contributed by atoms with Crippen molar-refractivity contribution in [3.8, 4) is 0 Å². The van der Waals surface area contributed by atoms with Crippen LogP contribution in [0.1, 0.15) is 19.8 Å². The van der Waals surface area contributed by atoms with Gasteiger partial charge in [0.05, 0.1) is 6.54 Å². The van der Waals surface area contributed by atoms with Crippen LogP contribution in [-0.2, 0) is 0 Å². The van der Waals surface area contributed by atoms with E-state index >= 15 is 0 Å². The molecule has 0 aromatic rings. The van der Waals surface area contributed by atoms with E-state index in [1.54, 1.807) is 0 Å². The van der Waals surface area contributed by atoms with Gasteiger partial charge in [0.2, 0.25) is 0 Å². The van der Waals surface area contributed by atoms with Crippen LogP contribution < -0.4 is 5.32 Å². The molecular weight excluding hydrogens is 216 g/mol. The van der Waals surface area contributed by atoms with E-state index < -0.39 is 6.43 Å². The summed E-state index contributed by atoms with van der Waals surface area (Å²) in [5.41, 5.74) is 0. The highest BCUT2D eigenvalue weighted by Gasteiger charge is 2.02. The molecule has 4 heteroatoms. The Morgan fingerprint density at radius 2 is 2.09 bits per heavy atom. The minimum Gasteiger partial charge on any atom is -0.311 e. The number of rotatable bonds is 6. The van der Waals surface area contributed by atoms with Crippen LogP contribution in [0.2, 0.25) is 0 Å². The minimum atomic E-state index is -2.23. The molecule has 1 nitrogen and oxygen atoms in total. The van der Waals surface area contributed by atoms with Crippen molar-refractivity contribution in [3.05, 3.63) is 0 Å². The van der Waals surface area contributed by atoms with E-state index in [4.69, 9.17) is 0 Å². The van der Waals surface area contributed by atoms with E-state index in [0.29, 0.717) is 11.4 Å². The van der Waals surface area contributed by atoms with Gasteiger partial charge in [-0.3, -0.25) is 0 Å². The zero-order chi connectivity index (χ0) is 8.69. The third-order valence-electron chi connectivity index (χ3n) is 1.38. The molecule has 0 aromatic heterocycles. The molecule has 0 aliphatic heterocycles. The molecule has 0 aromatic carbocycles. The van der Waals surface area contributed by atoms with E-state index in [-0.39, 0.29) is 6.54 Å². The zero-order valence-electron chi connectivity index (χ0n) is 6.62. The first kappa shape index (κ1) is 11.3. The van der Waals surface area contributed by atoms with Crippen molar-refractivity contribution in [1.29, 1.82) is 0 Å². The fourth-order valence-corrected chi connectivity index (χ4v) is 0.903. The Kier molecular flexibility index (Phi) is 7.17. The Morgan fingerprint density at radius 1 is 1.45 bits per heavy atom. The van der Waals surface area contributed by atoms with Crippen LogP contribution in [0, 0.1) is 0 Å². The highest BCUT2D eigenvalue weighted by Crippen LogP contribution is 2.07. The Morgan fingerprint density at radius 3 is 2.55 bits per heavy atom. The van der Waals surface area contributed by atoms with Crippen LogP contribution in [0.3, 0.4) is 0 Å². The summed E-state index contributed by atoms with van der Waals surface area (Å²) in [7, 11) is 0. The van der Waals surface area contributed by atoms with Crippen molar-refractivity contribution in [2.45, 2.75) is 31.0 Å². The Bertz CT molecular complexity index is 90.5. The van der Waals surface area contributed by atoms with Crippen LogP contribution >= 0.6 is 15.9 Å². The molecule has 11 heavy (non-hydrogen) atoms. The van der Waals surface area contributed by atoms with Crippen LogP contribution in [0.5, 0.6) is 0 Å². The largest absolute Gasteiger partial charge is 0.311 e. The molecule has 0 amide bonds. The highest BCUT2D eigenvalue weighted by atomic mass is 79.9. The van der Waals surface area contributed by atoms with E-state index in [9.17, 15) is 8.78 Å². The lowest BCUT2D eigenvalue weighted by Crippen LogP contribution is -2.23. The predicted octanol–water partition coefficient (Wildman–Crippen LogP) is 2.40. The van der Waals surface area contributed by atoms with Gasteiger partial charge in [-0.05, 0) is 19.4 Å². The standard InChI is InChI=1S/C7H14BrF2N/c1-2-6(8)3-4-11-5-7(9)10/h6-7,11H,2-5H2,1H3. The second kappa shape index (κ2) is 6.98. The molecule has 0 saturated heterocycles. The maximum Gasteiger partial charge on any atom is 0.250 e. The molecule has 0 bridgehead atoms. The molecule has 0 spiro atoms. The van der Waals surface area contributed by atoms with Crippen molar-refractivity contribution < 1.29 is 8.78 Å². The highest BCUT2D eigenvalue weighted by molar-refractivity contribution is 9.09. The van der Waals surface area contributed by atoms with E-state index in [1.165, 1.54) is 0 Å². The lowest BCUT2D eigenvalue weighted by atomic mass is 10.2. The number of nitrogens with one attached hydrogen (secondary N) is 1. The first-order valence-corrected chi connectivity index (χ1v) is 4.71.